The Kier molecular flexibility index (Phi) is 9.68. The van der Waals surface area contributed by atoms with E-state index in [2.05, 4.69) is 71.3 Å². The van der Waals surface area contributed by atoms with Gasteiger partial charge >= 0.3 is 12.1 Å². The molecule has 0 radical (unpaired) electrons. The number of nitrogens with zero attached hydrogens (tertiary/aromatic N) is 4. The highest BCUT2D eigenvalue weighted by Gasteiger charge is 2.47. The smallest absolute Gasteiger partial charge is 0.408 e. The maximum atomic E-state index is 14.2. The van der Waals surface area contributed by atoms with Crippen molar-refractivity contribution in [1.29, 1.82) is 0 Å². The summed E-state index contributed by atoms with van der Waals surface area (Å²) in [7, 11) is 1.73. The molecule has 1 saturated heterocycles. The van der Waals surface area contributed by atoms with Crippen LogP contribution in [-0.4, -0.2) is 95.0 Å². The number of aromatic nitrogens is 2. The van der Waals surface area contributed by atoms with Crippen molar-refractivity contribution in [2.24, 2.45) is 5.41 Å². The van der Waals surface area contributed by atoms with Crippen molar-refractivity contribution in [3.05, 3.63) is 59.4 Å². The van der Waals surface area contributed by atoms with Gasteiger partial charge in [-0.2, -0.15) is 0 Å². The van der Waals surface area contributed by atoms with E-state index in [1.54, 1.807) is 27.9 Å². The zero-order valence-electron chi connectivity index (χ0n) is 31.5. The van der Waals surface area contributed by atoms with Crippen LogP contribution in [0.15, 0.2) is 42.6 Å². The Bertz CT molecular complexity index is 1910. The third-order valence-electron chi connectivity index (χ3n) is 10.8. The summed E-state index contributed by atoms with van der Waals surface area (Å²) in [6.45, 7) is 14.7. The van der Waals surface area contributed by atoms with Crippen LogP contribution in [0.25, 0.3) is 27.7 Å². The van der Waals surface area contributed by atoms with Crippen LogP contribution in [0.4, 0.5) is 4.79 Å². The van der Waals surface area contributed by atoms with Crippen molar-refractivity contribution < 1.29 is 28.6 Å². The molecular formula is C40H52N6O6. The number of hydrazine groups is 1. The highest BCUT2D eigenvalue weighted by Crippen LogP contribution is 2.57. The van der Waals surface area contributed by atoms with Gasteiger partial charge in [-0.25, -0.2) is 10.2 Å². The number of fused-ring (bicyclic) bond motifs is 8. The Morgan fingerprint density at radius 3 is 2.73 bits per heavy atom. The highest BCUT2D eigenvalue weighted by atomic mass is 16.6. The van der Waals surface area contributed by atoms with Gasteiger partial charge in [0.25, 0.3) is 5.91 Å². The molecule has 1 fully saturated rings. The third kappa shape index (κ3) is 6.72. The molecule has 0 spiro atoms. The van der Waals surface area contributed by atoms with E-state index in [0.717, 1.165) is 58.5 Å². The van der Waals surface area contributed by atoms with Gasteiger partial charge in [0.05, 0.1) is 18.0 Å². The minimum atomic E-state index is -0.900. The number of cyclic esters (lactones) is 1. The minimum Gasteiger partial charge on any atom is -0.464 e. The van der Waals surface area contributed by atoms with Gasteiger partial charge in [-0.3, -0.25) is 24.5 Å². The number of amides is 2. The van der Waals surface area contributed by atoms with Crippen molar-refractivity contribution in [2.45, 2.75) is 97.1 Å². The Labute approximate surface area is 305 Å². The van der Waals surface area contributed by atoms with Crippen molar-refractivity contribution in [3.8, 4) is 11.3 Å². The van der Waals surface area contributed by atoms with E-state index in [-0.39, 0.29) is 31.1 Å². The van der Waals surface area contributed by atoms with Gasteiger partial charge in [-0.15, -0.1) is 0 Å². The molecule has 1 aliphatic carbocycles. The number of ether oxygens (including phenoxy) is 3. The molecule has 52 heavy (non-hydrogen) atoms. The Hall–Kier alpha value is -4.26. The molecule has 12 nitrogen and oxygen atoms in total. The number of alkyl carbamates (subject to hydrolysis) is 1. The van der Waals surface area contributed by atoms with Gasteiger partial charge in [-0.1, -0.05) is 26.0 Å². The van der Waals surface area contributed by atoms with E-state index < -0.39 is 35.2 Å². The average Bonchev–Trinajstić information content (AvgIpc) is 3.45. The van der Waals surface area contributed by atoms with E-state index in [1.807, 2.05) is 12.3 Å². The van der Waals surface area contributed by atoms with Crippen LogP contribution in [0.1, 0.15) is 89.6 Å². The normalized spacial score (nSPS) is 26.2. The molecule has 7 rings (SSSR count). The SMILES string of the molecule is CCn1c2c3c4cc(ccc41)C1=CCCN(C1)CC(NC(=O)OC(C)(C)C)C(=O)N1CCC[C@H](N1)C(=O)OCC(C)(C)C3[C@H](OC)c1ncccc1-2. The summed E-state index contributed by atoms with van der Waals surface area (Å²) in [5, 5.41) is 5.46. The molecule has 5 atom stereocenters. The van der Waals surface area contributed by atoms with Crippen molar-refractivity contribution in [2.75, 3.05) is 39.9 Å². The first-order valence-corrected chi connectivity index (χ1v) is 18.6. The Morgan fingerprint density at radius 1 is 1.17 bits per heavy atom. The molecule has 3 aliphatic heterocycles. The maximum Gasteiger partial charge on any atom is 0.408 e. The lowest BCUT2D eigenvalue weighted by Crippen LogP contribution is -2.62. The number of carbonyl (C=O) groups is 3. The van der Waals surface area contributed by atoms with Crippen molar-refractivity contribution in [1.82, 2.24) is 30.2 Å². The van der Waals surface area contributed by atoms with Crippen molar-refractivity contribution in [3.63, 3.8) is 0 Å². The lowest BCUT2D eigenvalue weighted by molar-refractivity contribution is -0.156. The molecule has 3 unspecified atom stereocenters. The molecule has 2 aromatic heterocycles. The molecule has 278 valence electrons. The van der Waals surface area contributed by atoms with Crippen LogP contribution in [0.2, 0.25) is 0 Å². The number of carbonyl (C=O) groups excluding carboxylic acids is 3. The number of aryl methyl sites for hydroxylation is 1. The van der Waals surface area contributed by atoms with Crippen LogP contribution < -0.4 is 10.7 Å². The van der Waals surface area contributed by atoms with Gasteiger partial charge in [-0.05, 0) is 87.9 Å². The third-order valence-corrected chi connectivity index (χ3v) is 10.8. The summed E-state index contributed by atoms with van der Waals surface area (Å²) in [6.07, 6.45) is 4.99. The number of hydrogen-bond acceptors (Lipinski definition) is 9. The van der Waals surface area contributed by atoms with Crippen molar-refractivity contribution >= 4 is 34.4 Å². The molecule has 3 aromatic rings. The molecule has 1 aromatic carbocycles. The standard InChI is InChI=1S/C40H52N6O6/c1-8-45-30-16-15-24-20-27(30)31-32(35(50-7)33-26(34(31)45)13-9-17-41-33)40(5,6)23-51-37(48)28-14-11-19-46(43-28)36(47)29(42-38(49)52-39(2,3)4)22-44-18-10-12-25(24)21-44/h9,12-13,15-17,20,28-29,32,35,43H,8,10-11,14,18-19,21-23H2,1-7H3,(H,42,49)/t28-,29?,32?,35-/m0/s1. The van der Waals surface area contributed by atoms with Gasteiger partial charge in [0.15, 0.2) is 0 Å². The highest BCUT2D eigenvalue weighted by molar-refractivity contribution is 5.96. The minimum absolute atomic E-state index is 0.130. The largest absolute Gasteiger partial charge is 0.464 e. The number of nitrogens with one attached hydrogen (secondary N) is 2. The molecule has 5 heterocycles. The quantitative estimate of drug-likeness (QED) is 0.335. The summed E-state index contributed by atoms with van der Waals surface area (Å²) >= 11 is 0. The average molecular weight is 713 g/mol. The molecule has 4 aliphatic rings. The van der Waals surface area contributed by atoms with Crippen LogP contribution in [0.3, 0.4) is 0 Å². The van der Waals surface area contributed by atoms with Gasteiger partial charge in [0, 0.05) is 73.8 Å². The topological polar surface area (TPSA) is 127 Å². The molecule has 2 amide bonds. The fraction of sp³-hybridized carbons (Fsp3) is 0.550. The number of methoxy groups -OCH3 is 1. The van der Waals surface area contributed by atoms with E-state index in [1.165, 1.54) is 10.6 Å². The predicted octanol–water partition coefficient (Wildman–Crippen LogP) is 5.57. The Morgan fingerprint density at radius 2 is 1.98 bits per heavy atom. The van der Waals surface area contributed by atoms with E-state index in [9.17, 15) is 14.4 Å². The Balaban J connectivity index is 1.36. The molecule has 12 heteroatoms. The van der Waals surface area contributed by atoms with E-state index in [0.29, 0.717) is 25.9 Å². The fourth-order valence-electron chi connectivity index (χ4n) is 8.53. The monoisotopic (exact) mass is 712 g/mol. The van der Waals surface area contributed by atoms with Crippen LogP contribution in [-0.2, 0) is 30.3 Å². The van der Waals surface area contributed by atoms with E-state index >= 15 is 0 Å². The first-order chi connectivity index (χ1) is 24.8. The van der Waals surface area contributed by atoms with Crippen LogP contribution in [0, 0.1) is 5.41 Å². The van der Waals surface area contributed by atoms with Gasteiger partial charge in [0.2, 0.25) is 0 Å². The lowest BCUT2D eigenvalue weighted by atomic mass is 9.67. The number of hydrogen-bond donors (Lipinski definition) is 2. The second kappa shape index (κ2) is 13.9. The second-order valence-electron chi connectivity index (χ2n) is 16.2. The maximum absolute atomic E-state index is 14.2. The number of esters is 1. The number of pyridine rings is 1. The van der Waals surface area contributed by atoms with Gasteiger partial charge in [0.1, 0.15) is 23.8 Å². The molecular weight excluding hydrogens is 660 g/mol. The zero-order valence-corrected chi connectivity index (χ0v) is 31.5. The second-order valence-corrected chi connectivity index (χ2v) is 16.2. The number of rotatable bonds is 3. The number of benzene rings is 1. The summed E-state index contributed by atoms with van der Waals surface area (Å²) in [5.74, 6) is -0.936. The predicted molar refractivity (Wildman–Crippen MR) is 198 cm³/mol. The summed E-state index contributed by atoms with van der Waals surface area (Å²) in [4.78, 5) is 48.1. The zero-order chi connectivity index (χ0) is 36.9. The summed E-state index contributed by atoms with van der Waals surface area (Å²) in [6, 6.07) is 9.19. The summed E-state index contributed by atoms with van der Waals surface area (Å²) in [5.41, 5.74) is 9.47. The fourth-order valence-corrected chi connectivity index (χ4v) is 8.53. The molecule has 0 saturated carbocycles. The lowest BCUT2D eigenvalue weighted by Gasteiger charge is -2.42. The first-order valence-electron chi connectivity index (χ1n) is 18.6. The van der Waals surface area contributed by atoms with E-state index in [4.69, 9.17) is 19.2 Å². The van der Waals surface area contributed by atoms with Gasteiger partial charge < -0.3 is 24.1 Å². The molecule has 6 bridgehead atoms. The molecule has 2 N–H and O–H groups in total. The summed E-state index contributed by atoms with van der Waals surface area (Å²) < 4.78 is 20.4. The van der Waals surface area contributed by atoms with Crippen LogP contribution in [0.5, 0.6) is 0 Å². The van der Waals surface area contributed by atoms with Crippen LogP contribution >= 0.6 is 0 Å². The first kappa shape index (κ1) is 36.1.